The van der Waals surface area contributed by atoms with Crippen molar-refractivity contribution in [2.24, 2.45) is 0 Å². The van der Waals surface area contributed by atoms with E-state index in [0.29, 0.717) is 11.7 Å². The molecule has 1 aliphatic heterocycles. The highest BCUT2D eigenvalue weighted by Gasteiger charge is 2.41. The van der Waals surface area contributed by atoms with E-state index in [9.17, 15) is 4.39 Å². The van der Waals surface area contributed by atoms with Gasteiger partial charge in [0.15, 0.2) is 5.11 Å². The van der Waals surface area contributed by atoms with Crippen molar-refractivity contribution in [3.05, 3.63) is 113 Å². The maximum atomic E-state index is 13.6. The van der Waals surface area contributed by atoms with Crippen LogP contribution >= 0.6 is 12.2 Å². The molecule has 0 unspecified atom stereocenters. The SMILES string of the molecule is COc1ccc(CN2C(=S)N[C@@H](c3ccccn3)[C@@H]2c2cc(C)n(-c3ccc(F)cc3)c2C)cc1. The van der Waals surface area contributed by atoms with Gasteiger partial charge in [0.2, 0.25) is 0 Å². The number of benzene rings is 2. The van der Waals surface area contributed by atoms with Crippen LogP contribution in [0.25, 0.3) is 5.69 Å². The molecule has 0 spiro atoms. The lowest BCUT2D eigenvalue weighted by molar-refractivity contribution is 0.310. The molecule has 0 radical (unpaired) electrons. The molecule has 0 amide bonds. The number of hydrogen-bond acceptors (Lipinski definition) is 3. The Morgan fingerprint density at radius 1 is 1.03 bits per heavy atom. The van der Waals surface area contributed by atoms with Crippen molar-refractivity contribution >= 4 is 17.3 Å². The molecule has 1 N–H and O–H groups in total. The number of halogens is 1. The highest BCUT2D eigenvalue weighted by atomic mass is 32.1. The third-order valence-corrected chi connectivity index (χ3v) is 6.94. The van der Waals surface area contributed by atoms with Gasteiger partial charge >= 0.3 is 0 Å². The van der Waals surface area contributed by atoms with Gasteiger partial charge in [-0.15, -0.1) is 0 Å². The van der Waals surface area contributed by atoms with Crippen LogP contribution < -0.4 is 10.1 Å². The van der Waals surface area contributed by atoms with Gasteiger partial charge in [-0.1, -0.05) is 18.2 Å². The van der Waals surface area contributed by atoms with Gasteiger partial charge in [-0.05, 0) is 91.8 Å². The van der Waals surface area contributed by atoms with Crippen molar-refractivity contribution in [3.8, 4) is 11.4 Å². The van der Waals surface area contributed by atoms with Gasteiger partial charge in [-0.3, -0.25) is 4.98 Å². The Morgan fingerprint density at radius 2 is 1.77 bits per heavy atom. The number of aromatic nitrogens is 2. The Balaban J connectivity index is 1.59. The number of rotatable bonds is 6. The summed E-state index contributed by atoms with van der Waals surface area (Å²) in [6.07, 6.45) is 1.81. The van der Waals surface area contributed by atoms with Crippen LogP contribution in [0, 0.1) is 19.7 Å². The molecular formula is C28H27FN4OS. The largest absolute Gasteiger partial charge is 0.497 e. The van der Waals surface area contributed by atoms with Crippen molar-refractivity contribution in [1.29, 1.82) is 0 Å². The van der Waals surface area contributed by atoms with Crippen LogP contribution in [0.2, 0.25) is 0 Å². The van der Waals surface area contributed by atoms with Crippen molar-refractivity contribution in [3.63, 3.8) is 0 Å². The van der Waals surface area contributed by atoms with E-state index in [4.69, 9.17) is 17.0 Å². The van der Waals surface area contributed by atoms with Crippen molar-refractivity contribution in [2.75, 3.05) is 7.11 Å². The molecule has 2 atom stereocenters. The van der Waals surface area contributed by atoms with Gasteiger partial charge in [-0.2, -0.15) is 0 Å². The first-order valence-electron chi connectivity index (χ1n) is 11.5. The molecule has 7 heteroatoms. The second kappa shape index (κ2) is 9.50. The molecule has 1 aliphatic rings. The summed E-state index contributed by atoms with van der Waals surface area (Å²) in [6.45, 7) is 4.82. The van der Waals surface area contributed by atoms with Crippen molar-refractivity contribution in [1.82, 2.24) is 19.8 Å². The second-order valence-corrected chi connectivity index (χ2v) is 9.13. The molecule has 1 saturated heterocycles. The maximum Gasteiger partial charge on any atom is 0.170 e. The lowest BCUT2D eigenvalue weighted by atomic mass is 9.96. The molecule has 178 valence electrons. The molecule has 2 aromatic heterocycles. The summed E-state index contributed by atoms with van der Waals surface area (Å²) in [5.41, 5.74) is 6.32. The Bertz CT molecular complexity index is 1340. The van der Waals surface area contributed by atoms with Gasteiger partial charge in [0, 0.05) is 29.8 Å². The van der Waals surface area contributed by atoms with E-state index in [1.807, 2.05) is 48.7 Å². The number of nitrogens with zero attached hydrogens (tertiary/aromatic N) is 3. The smallest absolute Gasteiger partial charge is 0.170 e. The maximum absolute atomic E-state index is 13.6. The summed E-state index contributed by atoms with van der Waals surface area (Å²) in [6, 6.07) is 22.6. The molecule has 0 aliphatic carbocycles. The highest BCUT2D eigenvalue weighted by molar-refractivity contribution is 7.80. The molecule has 0 bridgehead atoms. The fraction of sp³-hybridized carbons (Fsp3) is 0.214. The van der Waals surface area contributed by atoms with Gasteiger partial charge in [0.25, 0.3) is 0 Å². The number of aryl methyl sites for hydroxylation is 1. The number of hydrogen-bond donors (Lipinski definition) is 1. The van der Waals surface area contributed by atoms with E-state index >= 15 is 0 Å². The summed E-state index contributed by atoms with van der Waals surface area (Å²) >= 11 is 5.85. The molecular weight excluding hydrogens is 459 g/mol. The average molecular weight is 487 g/mol. The molecule has 0 saturated carbocycles. The van der Waals surface area contributed by atoms with Crippen LogP contribution in [0.5, 0.6) is 5.75 Å². The third kappa shape index (κ3) is 4.39. The molecule has 5 rings (SSSR count). The number of methoxy groups -OCH3 is 1. The van der Waals surface area contributed by atoms with Crippen LogP contribution in [0.3, 0.4) is 0 Å². The topological polar surface area (TPSA) is 42.3 Å². The first-order chi connectivity index (χ1) is 17.0. The van der Waals surface area contributed by atoms with E-state index in [-0.39, 0.29) is 17.9 Å². The molecule has 35 heavy (non-hydrogen) atoms. The molecule has 4 aromatic rings. The van der Waals surface area contributed by atoms with Crippen LogP contribution in [0.4, 0.5) is 4.39 Å². The minimum Gasteiger partial charge on any atom is -0.497 e. The number of ether oxygens (including phenoxy) is 1. The monoisotopic (exact) mass is 486 g/mol. The van der Waals surface area contributed by atoms with E-state index in [0.717, 1.165) is 39.6 Å². The van der Waals surface area contributed by atoms with E-state index in [1.165, 1.54) is 12.1 Å². The average Bonchev–Trinajstić information content (AvgIpc) is 3.35. The zero-order valence-corrected chi connectivity index (χ0v) is 20.7. The lowest BCUT2D eigenvalue weighted by Gasteiger charge is -2.28. The van der Waals surface area contributed by atoms with Gasteiger partial charge < -0.3 is 19.5 Å². The molecule has 5 nitrogen and oxygen atoms in total. The van der Waals surface area contributed by atoms with Gasteiger partial charge in [0.05, 0.1) is 24.9 Å². The summed E-state index contributed by atoms with van der Waals surface area (Å²) in [7, 11) is 1.67. The van der Waals surface area contributed by atoms with Crippen LogP contribution in [-0.2, 0) is 6.54 Å². The third-order valence-electron chi connectivity index (χ3n) is 6.58. The van der Waals surface area contributed by atoms with E-state index in [1.54, 1.807) is 7.11 Å². The molecule has 2 aromatic carbocycles. The lowest BCUT2D eigenvalue weighted by Crippen LogP contribution is -2.29. The predicted octanol–water partition coefficient (Wildman–Crippen LogP) is 5.81. The van der Waals surface area contributed by atoms with Gasteiger partial charge in [-0.25, -0.2) is 4.39 Å². The van der Waals surface area contributed by atoms with Crippen molar-refractivity contribution < 1.29 is 9.13 Å². The highest BCUT2D eigenvalue weighted by Crippen LogP contribution is 2.42. The first-order valence-corrected chi connectivity index (χ1v) is 11.9. The Hall–Kier alpha value is -3.71. The summed E-state index contributed by atoms with van der Waals surface area (Å²) in [5, 5.41) is 4.21. The Labute approximate surface area is 210 Å². The summed E-state index contributed by atoms with van der Waals surface area (Å²) in [4.78, 5) is 6.88. The first kappa shape index (κ1) is 23.1. The standard InChI is InChI=1S/C28H27FN4OS/c1-18-16-24(19(2)33(18)22-11-9-21(29)10-12-22)27-26(25-6-4-5-15-30-25)31-28(35)32(27)17-20-7-13-23(34-3)14-8-20/h4-16,26-27H,17H2,1-3H3,(H,31,35)/t26-,27-/m0/s1. The van der Waals surface area contributed by atoms with Gasteiger partial charge in [0.1, 0.15) is 11.6 Å². The number of nitrogens with one attached hydrogen (secondary N) is 1. The fourth-order valence-electron chi connectivity index (χ4n) is 4.92. The van der Waals surface area contributed by atoms with Crippen LogP contribution in [0.15, 0.2) is 79.0 Å². The minimum atomic E-state index is -0.248. The number of thiocarbonyl (C=S) groups is 1. The van der Waals surface area contributed by atoms with Crippen LogP contribution in [0.1, 0.15) is 40.3 Å². The minimum absolute atomic E-state index is 0.0695. The fourth-order valence-corrected chi connectivity index (χ4v) is 5.22. The Kier molecular flexibility index (Phi) is 6.26. The zero-order chi connectivity index (χ0) is 24.5. The molecule has 1 fully saturated rings. The predicted molar refractivity (Wildman–Crippen MR) is 139 cm³/mol. The zero-order valence-electron chi connectivity index (χ0n) is 19.9. The second-order valence-electron chi connectivity index (χ2n) is 8.74. The van der Waals surface area contributed by atoms with E-state index in [2.05, 4.69) is 51.8 Å². The normalized spacial score (nSPS) is 17.5. The van der Waals surface area contributed by atoms with Crippen molar-refractivity contribution in [2.45, 2.75) is 32.5 Å². The number of pyridine rings is 1. The Morgan fingerprint density at radius 3 is 2.43 bits per heavy atom. The molecule has 3 heterocycles. The van der Waals surface area contributed by atoms with Crippen LogP contribution in [-0.4, -0.2) is 26.7 Å². The van der Waals surface area contributed by atoms with E-state index < -0.39 is 0 Å². The quantitative estimate of drug-likeness (QED) is 0.349. The summed E-state index contributed by atoms with van der Waals surface area (Å²) < 4.78 is 21.1. The summed E-state index contributed by atoms with van der Waals surface area (Å²) in [5.74, 6) is 0.573.